The van der Waals surface area contributed by atoms with Crippen LogP contribution in [0.15, 0.2) is 21.4 Å². The summed E-state index contributed by atoms with van der Waals surface area (Å²) in [4.78, 5) is 0. The van der Waals surface area contributed by atoms with Gasteiger partial charge in [-0.2, -0.15) is 0 Å². The van der Waals surface area contributed by atoms with Gasteiger partial charge in [-0.15, -0.1) is 0 Å². The van der Waals surface area contributed by atoms with Crippen molar-refractivity contribution in [3.8, 4) is 0 Å². The van der Waals surface area contributed by atoms with Crippen LogP contribution in [0.1, 0.15) is 142 Å². The van der Waals surface area contributed by atoms with Crippen LogP contribution in [0.4, 0.5) is 11.8 Å². The minimum atomic E-state index is 0.347. The average Bonchev–Trinajstić information content (AvgIpc) is 3.46. The number of nitrogens with zero attached hydrogens (tertiary/aromatic N) is 4. The summed E-state index contributed by atoms with van der Waals surface area (Å²) in [6.07, 6.45) is 26.0. The Morgan fingerprint density at radius 1 is 0.588 bits per heavy atom. The van der Waals surface area contributed by atoms with Crippen molar-refractivity contribution in [2.45, 2.75) is 142 Å². The molecule has 0 saturated carbocycles. The van der Waals surface area contributed by atoms with Crippen molar-refractivity contribution in [1.82, 2.24) is 10.5 Å². The fourth-order valence-corrected chi connectivity index (χ4v) is 4.79. The first-order valence-electron chi connectivity index (χ1n) is 13.9. The molecule has 0 aliphatic heterocycles. The number of rotatable bonds is 21. The highest BCUT2D eigenvalue weighted by molar-refractivity contribution is 5.11. The third-order valence-corrected chi connectivity index (χ3v) is 6.85. The first-order valence-corrected chi connectivity index (χ1v) is 13.9. The Morgan fingerprint density at radius 3 is 1.24 bits per heavy atom. The second kappa shape index (κ2) is 17.3. The first-order chi connectivity index (χ1) is 16.6. The minimum Gasteiger partial charge on any atom is -0.362 e. The molecule has 0 bridgehead atoms. The molecule has 2 atom stereocenters. The zero-order chi connectivity index (χ0) is 24.4. The van der Waals surface area contributed by atoms with E-state index in [0.29, 0.717) is 23.9 Å². The Kier molecular flexibility index (Phi) is 14.3. The SMILES string of the molecule is CCCCCCCCC(CCCCC(CCCCCCCC)[n+]1cc(N)on1)[n+]1cc(N)on1. The molecule has 0 aliphatic carbocycles. The fourth-order valence-electron chi connectivity index (χ4n) is 4.79. The lowest BCUT2D eigenvalue weighted by atomic mass is 9.98. The zero-order valence-corrected chi connectivity index (χ0v) is 21.8. The van der Waals surface area contributed by atoms with E-state index in [4.69, 9.17) is 20.5 Å². The van der Waals surface area contributed by atoms with Crippen LogP contribution >= 0.6 is 0 Å². The molecular weight excluding hydrogens is 428 g/mol. The minimum absolute atomic E-state index is 0.347. The summed E-state index contributed by atoms with van der Waals surface area (Å²) in [5.74, 6) is 0.763. The van der Waals surface area contributed by atoms with E-state index in [1.165, 1.54) is 77.0 Å². The second-order valence-corrected chi connectivity index (χ2v) is 9.87. The van der Waals surface area contributed by atoms with Crippen LogP contribution in [-0.4, -0.2) is 10.5 Å². The topological polar surface area (TPSA) is 112 Å². The summed E-state index contributed by atoms with van der Waals surface area (Å²) in [6.45, 7) is 4.52. The summed E-state index contributed by atoms with van der Waals surface area (Å²) in [6, 6.07) is 0.694. The van der Waals surface area contributed by atoms with Gasteiger partial charge in [-0.05, 0) is 35.0 Å². The molecule has 34 heavy (non-hydrogen) atoms. The van der Waals surface area contributed by atoms with Gasteiger partial charge >= 0.3 is 0 Å². The lowest BCUT2D eigenvalue weighted by molar-refractivity contribution is -0.787. The largest absolute Gasteiger partial charge is 0.362 e. The number of nitrogen functional groups attached to an aromatic ring is 2. The standard InChI is InChI=1S/C26H50N6O2/c1-3-5-7-9-11-13-17-23(31-21-25(27)33-29-31)19-15-16-20-24(32-22-26(28)34-30-32)18-14-12-10-8-6-4-2/h21-24H,3-20,27-28H2,1-2H3/q+2. The third kappa shape index (κ3) is 11.3. The fraction of sp³-hybridized carbons (Fsp3) is 0.846. The molecule has 2 aromatic heterocycles. The molecule has 2 unspecified atom stereocenters. The quantitative estimate of drug-likeness (QED) is 0.162. The van der Waals surface area contributed by atoms with E-state index in [0.717, 1.165) is 38.5 Å². The van der Waals surface area contributed by atoms with E-state index in [1.807, 2.05) is 21.8 Å². The number of aromatic nitrogens is 4. The number of unbranched alkanes of at least 4 members (excludes halogenated alkanes) is 11. The van der Waals surface area contributed by atoms with Crippen molar-refractivity contribution in [3.05, 3.63) is 12.4 Å². The van der Waals surface area contributed by atoms with Gasteiger partial charge in [0.2, 0.25) is 10.5 Å². The van der Waals surface area contributed by atoms with E-state index in [9.17, 15) is 0 Å². The summed E-state index contributed by atoms with van der Waals surface area (Å²) in [7, 11) is 0. The number of hydrogen-bond acceptors (Lipinski definition) is 6. The molecule has 2 aromatic rings. The molecule has 0 fully saturated rings. The van der Waals surface area contributed by atoms with Crippen LogP contribution in [-0.2, 0) is 0 Å². The average molecular weight is 479 g/mol. The maximum atomic E-state index is 5.79. The summed E-state index contributed by atoms with van der Waals surface area (Å²) in [5.41, 5.74) is 11.6. The van der Waals surface area contributed by atoms with Crippen LogP contribution in [0, 0.1) is 0 Å². The van der Waals surface area contributed by atoms with Crippen molar-refractivity contribution in [2.24, 2.45) is 0 Å². The van der Waals surface area contributed by atoms with Gasteiger partial charge < -0.3 is 11.5 Å². The molecule has 0 amide bonds. The molecule has 2 heterocycles. The van der Waals surface area contributed by atoms with E-state index >= 15 is 0 Å². The van der Waals surface area contributed by atoms with Crippen molar-refractivity contribution in [3.63, 3.8) is 0 Å². The van der Waals surface area contributed by atoms with Crippen LogP contribution in [0.5, 0.6) is 0 Å². The second-order valence-electron chi connectivity index (χ2n) is 9.87. The molecule has 0 radical (unpaired) electrons. The highest BCUT2D eigenvalue weighted by Gasteiger charge is 2.25. The predicted octanol–water partition coefficient (Wildman–Crippen LogP) is 6.25. The van der Waals surface area contributed by atoms with E-state index in [1.54, 1.807) is 0 Å². The normalized spacial score (nSPS) is 13.4. The highest BCUT2D eigenvalue weighted by atomic mass is 16.5. The van der Waals surface area contributed by atoms with Gasteiger partial charge in [-0.3, -0.25) is 9.05 Å². The zero-order valence-electron chi connectivity index (χ0n) is 21.8. The maximum Gasteiger partial charge on any atom is 0.293 e. The highest BCUT2D eigenvalue weighted by Crippen LogP contribution is 2.22. The first kappa shape index (κ1) is 28.1. The molecule has 0 aromatic carbocycles. The van der Waals surface area contributed by atoms with Gasteiger partial charge in [0.25, 0.3) is 24.2 Å². The van der Waals surface area contributed by atoms with Gasteiger partial charge in [-0.25, -0.2) is 0 Å². The van der Waals surface area contributed by atoms with Crippen LogP contribution in [0.2, 0.25) is 0 Å². The molecule has 0 saturated heterocycles. The maximum absolute atomic E-state index is 5.79. The van der Waals surface area contributed by atoms with Gasteiger partial charge in [0.1, 0.15) is 0 Å². The van der Waals surface area contributed by atoms with Crippen molar-refractivity contribution < 1.29 is 18.4 Å². The molecule has 0 aliphatic rings. The van der Waals surface area contributed by atoms with Crippen molar-refractivity contribution in [2.75, 3.05) is 11.5 Å². The Bertz CT molecular complexity index is 685. The van der Waals surface area contributed by atoms with Gasteiger partial charge in [0.15, 0.2) is 12.1 Å². The summed E-state index contributed by atoms with van der Waals surface area (Å²) >= 11 is 0. The van der Waals surface area contributed by atoms with Gasteiger partial charge in [-0.1, -0.05) is 78.1 Å². The smallest absolute Gasteiger partial charge is 0.293 e. The van der Waals surface area contributed by atoms with E-state index in [2.05, 4.69) is 24.4 Å². The van der Waals surface area contributed by atoms with Gasteiger partial charge in [0.05, 0.1) is 0 Å². The summed E-state index contributed by atoms with van der Waals surface area (Å²) < 4.78 is 14.2. The lowest BCUT2D eigenvalue weighted by Gasteiger charge is -2.11. The van der Waals surface area contributed by atoms with Crippen LogP contribution in [0.3, 0.4) is 0 Å². The lowest BCUT2D eigenvalue weighted by Crippen LogP contribution is -2.41. The Morgan fingerprint density at radius 2 is 0.912 bits per heavy atom. The number of nitrogens with two attached hydrogens (primary N) is 2. The molecular formula is C26H50N6O2+2. The van der Waals surface area contributed by atoms with Crippen LogP contribution in [0.25, 0.3) is 0 Å². The summed E-state index contributed by atoms with van der Waals surface area (Å²) in [5, 5.41) is 8.31. The van der Waals surface area contributed by atoms with Gasteiger partial charge in [0, 0.05) is 25.7 Å². The predicted molar refractivity (Wildman–Crippen MR) is 135 cm³/mol. The Hall–Kier alpha value is -2.12. The molecule has 8 nitrogen and oxygen atoms in total. The molecule has 0 spiro atoms. The third-order valence-electron chi connectivity index (χ3n) is 6.85. The Balaban J connectivity index is 1.78. The Labute approximate surface area is 206 Å². The molecule has 194 valence electrons. The monoisotopic (exact) mass is 478 g/mol. The van der Waals surface area contributed by atoms with Crippen molar-refractivity contribution in [1.29, 1.82) is 0 Å². The van der Waals surface area contributed by atoms with E-state index < -0.39 is 0 Å². The molecule has 2 rings (SSSR count). The van der Waals surface area contributed by atoms with Crippen molar-refractivity contribution >= 4 is 11.8 Å². The van der Waals surface area contributed by atoms with E-state index in [-0.39, 0.29) is 0 Å². The van der Waals surface area contributed by atoms with Crippen LogP contribution < -0.4 is 20.8 Å². The number of hydrogen-bond donors (Lipinski definition) is 2. The number of anilines is 2. The molecule has 4 N–H and O–H groups in total. The molecule has 8 heteroatoms.